The first kappa shape index (κ1) is 13.1. The molecule has 0 bridgehead atoms. The molecule has 2 heterocycles. The third-order valence-electron chi connectivity index (χ3n) is 3.45. The highest BCUT2D eigenvalue weighted by molar-refractivity contribution is 5.53. The van der Waals surface area contributed by atoms with E-state index in [2.05, 4.69) is 39.5 Å². The van der Waals surface area contributed by atoms with E-state index in [9.17, 15) is 0 Å². The van der Waals surface area contributed by atoms with Gasteiger partial charge in [0.15, 0.2) is 6.39 Å². The number of benzene rings is 1. The monoisotopic (exact) mass is 273 g/mol. The minimum absolute atomic E-state index is 0.716. The van der Waals surface area contributed by atoms with Crippen molar-refractivity contribution in [3.8, 4) is 0 Å². The minimum Gasteiger partial charge on any atom is -0.451 e. The van der Waals surface area contributed by atoms with Gasteiger partial charge in [-0.05, 0) is 11.6 Å². The number of morpholine rings is 1. The predicted octanol–water partition coefficient (Wildman–Crippen LogP) is 1.80. The standard InChI is InChI=1S/C15H19N3O2/c1-2-4-15(18-5-7-19-8-6-18)13(3-1)9-16-10-14-11-20-12-17-14/h1-4,11-12,16H,5-10H2. The van der Waals surface area contributed by atoms with E-state index in [1.165, 1.54) is 17.6 Å². The van der Waals surface area contributed by atoms with E-state index < -0.39 is 0 Å². The van der Waals surface area contributed by atoms with E-state index in [1.807, 2.05) is 0 Å². The van der Waals surface area contributed by atoms with E-state index in [0.29, 0.717) is 6.54 Å². The summed E-state index contributed by atoms with van der Waals surface area (Å²) in [5.41, 5.74) is 3.52. The number of ether oxygens (including phenoxy) is 1. The number of aromatic nitrogens is 1. The van der Waals surface area contributed by atoms with Crippen LogP contribution in [0, 0.1) is 0 Å². The van der Waals surface area contributed by atoms with Gasteiger partial charge in [0.1, 0.15) is 6.26 Å². The Balaban J connectivity index is 1.63. The van der Waals surface area contributed by atoms with Crippen molar-refractivity contribution in [1.82, 2.24) is 10.3 Å². The molecule has 2 aromatic rings. The number of hydrogen-bond donors (Lipinski definition) is 1. The topological polar surface area (TPSA) is 50.5 Å². The third-order valence-corrected chi connectivity index (χ3v) is 3.45. The molecule has 1 N–H and O–H groups in total. The Morgan fingerprint density at radius 1 is 1.15 bits per heavy atom. The van der Waals surface area contributed by atoms with Gasteiger partial charge in [-0.3, -0.25) is 0 Å². The van der Waals surface area contributed by atoms with Crippen LogP contribution in [0.15, 0.2) is 41.3 Å². The molecule has 20 heavy (non-hydrogen) atoms. The van der Waals surface area contributed by atoms with Gasteiger partial charge in [0.05, 0.1) is 18.9 Å². The number of hydrogen-bond acceptors (Lipinski definition) is 5. The molecular formula is C15H19N3O2. The fraction of sp³-hybridized carbons (Fsp3) is 0.400. The van der Waals surface area contributed by atoms with Crippen molar-refractivity contribution in [1.29, 1.82) is 0 Å². The fourth-order valence-corrected chi connectivity index (χ4v) is 2.42. The molecule has 0 saturated carbocycles. The molecular weight excluding hydrogens is 254 g/mol. The highest BCUT2D eigenvalue weighted by Gasteiger charge is 2.13. The van der Waals surface area contributed by atoms with Crippen LogP contribution >= 0.6 is 0 Å². The average Bonchev–Trinajstić information content (AvgIpc) is 3.02. The second-order valence-electron chi connectivity index (χ2n) is 4.81. The molecule has 1 aromatic carbocycles. The molecule has 0 amide bonds. The van der Waals surface area contributed by atoms with Crippen molar-refractivity contribution in [3.63, 3.8) is 0 Å². The van der Waals surface area contributed by atoms with Gasteiger partial charge in [-0.25, -0.2) is 4.98 Å². The normalized spacial score (nSPS) is 15.5. The Bertz CT molecular complexity index is 522. The molecule has 3 rings (SSSR count). The molecule has 0 atom stereocenters. The smallest absolute Gasteiger partial charge is 0.180 e. The Labute approximate surface area is 118 Å². The summed E-state index contributed by atoms with van der Waals surface area (Å²) in [5, 5.41) is 3.40. The van der Waals surface area contributed by atoms with Crippen molar-refractivity contribution in [3.05, 3.63) is 48.2 Å². The van der Waals surface area contributed by atoms with Crippen LogP contribution in [0.1, 0.15) is 11.3 Å². The van der Waals surface area contributed by atoms with Crippen molar-refractivity contribution in [2.45, 2.75) is 13.1 Å². The summed E-state index contributed by atoms with van der Waals surface area (Å²) in [6.07, 6.45) is 3.12. The van der Waals surface area contributed by atoms with E-state index in [0.717, 1.165) is 38.5 Å². The Kier molecular flexibility index (Phi) is 4.30. The van der Waals surface area contributed by atoms with Crippen molar-refractivity contribution in [2.75, 3.05) is 31.2 Å². The van der Waals surface area contributed by atoms with Gasteiger partial charge in [-0.2, -0.15) is 0 Å². The lowest BCUT2D eigenvalue weighted by Gasteiger charge is -2.30. The van der Waals surface area contributed by atoms with Gasteiger partial charge in [-0.1, -0.05) is 18.2 Å². The Morgan fingerprint density at radius 3 is 2.80 bits per heavy atom. The molecule has 106 valence electrons. The molecule has 1 aliphatic rings. The molecule has 0 spiro atoms. The summed E-state index contributed by atoms with van der Waals surface area (Å²) in [5.74, 6) is 0. The summed E-state index contributed by atoms with van der Waals surface area (Å²) in [4.78, 5) is 6.49. The second kappa shape index (κ2) is 6.54. The van der Waals surface area contributed by atoms with E-state index in [1.54, 1.807) is 6.26 Å². The molecule has 0 unspecified atom stereocenters. The van der Waals surface area contributed by atoms with Crippen LogP contribution in [-0.2, 0) is 17.8 Å². The molecule has 1 aliphatic heterocycles. The summed E-state index contributed by atoms with van der Waals surface area (Å²) >= 11 is 0. The molecule has 5 nitrogen and oxygen atoms in total. The van der Waals surface area contributed by atoms with Gasteiger partial charge in [0, 0.05) is 31.9 Å². The van der Waals surface area contributed by atoms with Crippen LogP contribution in [0.2, 0.25) is 0 Å². The van der Waals surface area contributed by atoms with E-state index >= 15 is 0 Å². The molecule has 5 heteroatoms. The van der Waals surface area contributed by atoms with Crippen LogP contribution in [0.5, 0.6) is 0 Å². The summed E-state index contributed by atoms with van der Waals surface area (Å²) < 4.78 is 10.4. The number of nitrogens with zero attached hydrogens (tertiary/aromatic N) is 2. The number of oxazole rings is 1. The van der Waals surface area contributed by atoms with Crippen LogP contribution in [0.3, 0.4) is 0 Å². The van der Waals surface area contributed by atoms with E-state index in [-0.39, 0.29) is 0 Å². The van der Waals surface area contributed by atoms with E-state index in [4.69, 9.17) is 9.15 Å². The maximum Gasteiger partial charge on any atom is 0.180 e. The van der Waals surface area contributed by atoms with Gasteiger partial charge < -0.3 is 19.4 Å². The van der Waals surface area contributed by atoms with Gasteiger partial charge in [0.25, 0.3) is 0 Å². The Morgan fingerprint density at radius 2 is 2.00 bits per heavy atom. The zero-order chi connectivity index (χ0) is 13.6. The third kappa shape index (κ3) is 3.18. The maximum absolute atomic E-state index is 5.42. The van der Waals surface area contributed by atoms with Gasteiger partial charge in [0.2, 0.25) is 0 Å². The number of rotatable bonds is 5. The first-order valence-corrected chi connectivity index (χ1v) is 6.92. The number of para-hydroxylation sites is 1. The number of nitrogens with one attached hydrogen (secondary N) is 1. The lowest BCUT2D eigenvalue weighted by molar-refractivity contribution is 0.122. The molecule has 0 radical (unpaired) electrons. The van der Waals surface area contributed by atoms with Crippen LogP contribution in [-0.4, -0.2) is 31.3 Å². The van der Waals surface area contributed by atoms with Crippen molar-refractivity contribution < 1.29 is 9.15 Å². The highest BCUT2D eigenvalue weighted by Crippen LogP contribution is 2.21. The van der Waals surface area contributed by atoms with Crippen LogP contribution in [0.4, 0.5) is 5.69 Å². The Hall–Kier alpha value is -1.85. The molecule has 1 saturated heterocycles. The zero-order valence-electron chi connectivity index (χ0n) is 11.4. The quantitative estimate of drug-likeness (QED) is 0.900. The summed E-state index contributed by atoms with van der Waals surface area (Å²) in [6.45, 7) is 5.07. The first-order valence-electron chi connectivity index (χ1n) is 6.92. The maximum atomic E-state index is 5.42. The van der Waals surface area contributed by atoms with Gasteiger partial charge >= 0.3 is 0 Å². The largest absolute Gasteiger partial charge is 0.451 e. The number of anilines is 1. The van der Waals surface area contributed by atoms with Crippen LogP contribution in [0.25, 0.3) is 0 Å². The lowest BCUT2D eigenvalue weighted by atomic mass is 10.1. The van der Waals surface area contributed by atoms with Crippen molar-refractivity contribution >= 4 is 5.69 Å². The first-order chi connectivity index (χ1) is 9.93. The highest BCUT2D eigenvalue weighted by atomic mass is 16.5. The average molecular weight is 273 g/mol. The molecule has 1 aromatic heterocycles. The van der Waals surface area contributed by atoms with Crippen molar-refractivity contribution in [2.24, 2.45) is 0 Å². The predicted molar refractivity (Wildman–Crippen MR) is 76.5 cm³/mol. The SMILES string of the molecule is c1ccc(N2CCOCC2)c(CNCc2cocn2)c1. The van der Waals surface area contributed by atoms with Gasteiger partial charge in [-0.15, -0.1) is 0 Å². The molecule has 1 fully saturated rings. The lowest BCUT2D eigenvalue weighted by Crippen LogP contribution is -2.37. The minimum atomic E-state index is 0.716. The second-order valence-corrected chi connectivity index (χ2v) is 4.81. The summed E-state index contributed by atoms with van der Waals surface area (Å²) in [6, 6.07) is 8.52. The van der Waals surface area contributed by atoms with Crippen LogP contribution < -0.4 is 10.2 Å². The molecule has 0 aliphatic carbocycles. The fourth-order valence-electron chi connectivity index (χ4n) is 2.42. The zero-order valence-corrected chi connectivity index (χ0v) is 11.4. The summed E-state index contributed by atoms with van der Waals surface area (Å²) in [7, 11) is 0.